The fourth-order valence-electron chi connectivity index (χ4n) is 2.05. The van der Waals surface area contributed by atoms with Gasteiger partial charge in [-0.1, -0.05) is 19.1 Å². The normalized spacial score (nSPS) is 12.8. The van der Waals surface area contributed by atoms with Crippen LogP contribution in [-0.2, 0) is 7.05 Å². The fraction of sp³-hybridized carbons (Fsp3) is 0.500. The second kappa shape index (κ2) is 5.87. The Morgan fingerprint density at radius 1 is 1.39 bits per heavy atom. The molecule has 1 atom stereocenters. The van der Waals surface area contributed by atoms with Gasteiger partial charge in [-0.05, 0) is 30.9 Å². The molecule has 0 aliphatic carbocycles. The average molecular weight is 247 g/mol. The minimum absolute atomic E-state index is 0.270. The van der Waals surface area contributed by atoms with E-state index < -0.39 is 0 Å². The first-order valence-electron chi connectivity index (χ1n) is 6.48. The molecule has 0 saturated carbocycles. The number of nitrogens with one attached hydrogen (secondary N) is 1. The lowest BCUT2D eigenvalue weighted by molar-refractivity contribution is 0.229. The fourth-order valence-corrected chi connectivity index (χ4v) is 2.05. The molecule has 18 heavy (non-hydrogen) atoms. The molecule has 0 fully saturated rings. The van der Waals surface area contributed by atoms with Gasteiger partial charge in [0.05, 0.1) is 11.0 Å². The van der Waals surface area contributed by atoms with Crippen LogP contribution in [0.3, 0.4) is 0 Å². The van der Waals surface area contributed by atoms with E-state index in [4.69, 9.17) is 5.11 Å². The molecule has 1 unspecified atom stereocenters. The maximum absolute atomic E-state index is 8.95. The number of nitrogens with zero attached hydrogens (tertiary/aromatic N) is 2. The molecule has 2 aromatic rings. The predicted octanol–water partition coefficient (Wildman–Crippen LogP) is 2.39. The van der Waals surface area contributed by atoms with E-state index in [-0.39, 0.29) is 6.61 Å². The maximum Gasteiger partial charge on any atom is 0.203 e. The maximum atomic E-state index is 8.95. The van der Waals surface area contributed by atoms with E-state index in [2.05, 4.69) is 27.9 Å². The molecule has 2 rings (SSSR count). The molecule has 0 bridgehead atoms. The van der Waals surface area contributed by atoms with Crippen molar-refractivity contribution in [3.05, 3.63) is 24.3 Å². The zero-order valence-electron chi connectivity index (χ0n) is 11.1. The summed E-state index contributed by atoms with van der Waals surface area (Å²) in [5.41, 5.74) is 2.16. The van der Waals surface area contributed by atoms with Crippen LogP contribution in [0, 0.1) is 5.92 Å². The number of aliphatic hydroxyl groups is 1. The third-order valence-corrected chi connectivity index (χ3v) is 3.26. The van der Waals surface area contributed by atoms with Crippen molar-refractivity contribution in [2.24, 2.45) is 13.0 Å². The quantitative estimate of drug-likeness (QED) is 0.771. The molecule has 2 N–H and O–H groups in total. The summed E-state index contributed by atoms with van der Waals surface area (Å²) in [4.78, 5) is 4.55. The monoisotopic (exact) mass is 247 g/mol. The van der Waals surface area contributed by atoms with Crippen LogP contribution in [0.5, 0.6) is 0 Å². The Balaban J connectivity index is 1.94. The topological polar surface area (TPSA) is 50.1 Å². The second-order valence-electron chi connectivity index (χ2n) is 4.84. The Labute approximate surface area is 108 Å². The number of benzene rings is 1. The standard InChI is InChI=1S/C14H21N3O/c1-11(10-18)6-5-9-15-14-16-12-7-3-4-8-13(12)17(14)2/h3-4,7-8,11,18H,5-6,9-10H2,1-2H3,(H,15,16). The molecule has 1 aromatic carbocycles. The zero-order valence-corrected chi connectivity index (χ0v) is 11.1. The van der Waals surface area contributed by atoms with E-state index in [0.29, 0.717) is 5.92 Å². The highest BCUT2D eigenvalue weighted by molar-refractivity contribution is 5.78. The minimum atomic E-state index is 0.270. The summed E-state index contributed by atoms with van der Waals surface area (Å²) < 4.78 is 2.07. The van der Waals surface area contributed by atoms with Crippen molar-refractivity contribution in [3.8, 4) is 0 Å². The van der Waals surface area contributed by atoms with Crippen LogP contribution in [0.2, 0.25) is 0 Å². The van der Waals surface area contributed by atoms with Gasteiger partial charge in [-0.2, -0.15) is 0 Å². The summed E-state index contributed by atoms with van der Waals surface area (Å²) in [6.07, 6.45) is 2.08. The molecular formula is C14H21N3O. The van der Waals surface area contributed by atoms with Crippen molar-refractivity contribution in [3.63, 3.8) is 0 Å². The molecule has 4 nitrogen and oxygen atoms in total. The van der Waals surface area contributed by atoms with E-state index in [0.717, 1.165) is 36.4 Å². The van der Waals surface area contributed by atoms with E-state index >= 15 is 0 Å². The van der Waals surface area contributed by atoms with Gasteiger partial charge >= 0.3 is 0 Å². The van der Waals surface area contributed by atoms with Crippen LogP contribution >= 0.6 is 0 Å². The van der Waals surface area contributed by atoms with Crippen LogP contribution in [0.4, 0.5) is 5.95 Å². The van der Waals surface area contributed by atoms with Crippen molar-refractivity contribution >= 4 is 17.0 Å². The van der Waals surface area contributed by atoms with Gasteiger partial charge in [-0.15, -0.1) is 0 Å². The highest BCUT2D eigenvalue weighted by atomic mass is 16.3. The van der Waals surface area contributed by atoms with Gasteiger partial charge in [0.1, 0.15) is 0 Å². The van der Waals surface area contributed by atoms with E-state index in [1.165, 1.54) is 0 Å². The zero-order chi connectivity index (χ0) is 13.0. The predicted molar refractivity (Wildman–Crippen MR) is 74.7 cm³/mol. The van der Waals surface area contributed by atoms with Gasteiger partial charge in [0.15, 0.2) is 0 Å². The van der Waals surface area contributed by atoms with Crippen LogP contribution in [0.1, 0.15) is 19.8 Å². The molecule has 0 radical (unpaired) electrons. The number of imidazole rings is 1. The highest BCUT2D eigenvalue weighted by Gasteiger charge is 2.06. The number of para-hydroxylation sites is 2. The Morgan fingerprint density at radius 2 is 2.17 bits per heavy atom. The summed E-state index contributed by atoms with van der Waals surface area (Å²) in [6.45, 7) is 3.23. The summed E-state index contributed by atoms with van der Waals surface area (Å²) in [6, 6.07) is 8.12. The highest BCUT2D eigenvalue weighted by Crippen LogP contribution is 2.17. The van der Waals surface area contributed by atoms with Crippen molar-refractivity contribution in [1.29, 1.82) is 0 Å². The molecule has 1 heterocycles. The van der Waals surface area contributed by atoms with Crippen molar-refractivity contribution < 1.29 is 5.11 Å². The first-order valence-corrected chi connectivity index (χ1v) is 6.48. The number of hydrogen-bond acceptors (Lipinski definition) is 3. The number of fused-ring (bicyclic) bond motifs is 1. The van der Waals surface area contributed by atoms with Crippen LogP contribution < -0.4 is 5.32 Å². The number of aliphatic hydroxyl groups excluding tert-OH is 1. The largest absolute Gasteiger partial charge is 0.396 e. The van der Waals surface area contributed by atoms with Crippen LogP contribution in [0.15, 0.2) is 24.3 Å². The van der Waals surface area contributed by atoms with Gasteiger partial charge in [0.25, 0.3) is 0 Å². The Bertz CT molecular complexity index is 507. The lowest BCUT2D eigenvalue weighted by atomic mass is 10.1. The van der Waals surface area contributed by atoms with Crippen molar-refractivity contribution in [1.82, 2.24) is 9.55 Å². The Hall–Kier alpha value is -1.55. The van der Waals surface area contributed by atoms with Crippen molar-refractivity contribution in [2.75, 3.05) is 18.5 Å². The lowest BCUT2D eigenvalue weighted by Crippen LogP contribution is -2.09. The summed E-state index contributed by atoms with van der Waals surface area (Å²) in [5, 5.41) is 12.3. The van der Waals surface area contributed by atoms with Gasteiger partial charge in [-0.25, -0.2) is 4.98 Å². The SMILES string of the molecule is CC(CO)CCCNc1nc2ccccc2n1C. The van der Waals surface area contributed by atoms with E-state index in [1.54, 1.807) is 0 Å². The van der Waals surface area contributed by atoms with Crippen LogP contribution in [0.25, 0.3) is 11.0 Å². The van der Waals surface area contributed by atoms with Gasteiger partial charge in [0.2, 0.25) is 5.95 Å². The smallest absolute Gasteiger partial charge is 0.203 e. The summed E-state index contributed by atoms with van der Waals surface area (Å²) in [5.74, 6) is 1.29. The number of hydrogen-bond donors (Lipinski definition) is 2. The summed E-state index contributed by atoms with van der Waals surface area (Å²) >= 11 is 0. The third-order valence-electron chi connectivity index (χ3n) is 3.26. The van der Waals surface area contributed by atoms with E-state index in [1.807, 2.05) is 25.2 Å². The number of aromatic nitrogens is 2. The summed E-state index contributed by atoms with van der Waals surface area (Å²) in [7, 11) is 2.02. The molecule has 0 aliphatic heterocycles. The third kappa shape index (κ3) is 2.82. The first-order chi connectivity index (χ1) is 8.72. The van der Waals surface area contributed by atoms with Crippen LogP contribution in [-0.4, -0.2) is 27.8 Å². The van der Waals surface area contributed by atoms with Crippen molar-refractivity contribution in [2.45, 2.75) is 19.8 Å². The molecule has 0 spiro atoms. The van der Waals surface area contributed by atoms with Gasteiger partial charge in [0, 0.05) is 20.2 Å². The molecule has 0 amide bonds. The number of rotatable bonds is 6. The number of aryl methyl sites for hydroxylation is 1. The molecular weight excluding hydrogens is 226 g/mol. The lowest BCUT2D eigenvalue weighted by Gasteiger charge is -2.09. The Morgan fingerprint density at radius 3 is 2.89 bits per heavy atom. The minimum Gasteiger partial charge on any atom is -0.396 e. The molecule has 98 valence electrons. The second-order valence-corrected chi connectivity index (χ2v) is 4.84. The molecule has 4 heteroatoms. The Kier molecular flexibility index (Phi) is 4.20. The molecule has 1 aromatic heterocycles. The van der Waals surface area contributed by atoms with E-state index in [9.17, 15) is 0 Å². The first kappa shape index (κ1) is 12.9. The van der Waals surface area contributed by atoms with Gasteiger partial charge < -0.3 is 15.0 Å². The molecule has 0 saturated heterocycles. The number of anilines is 1. The average Bonchev–Trinajstić information content (AvgIpc) is 2.72. The molecule has 0 aliphatic rings. The van der Waals surface area contributed by atoms with Gasteiger partial charge in [-0.3, -0.25) is 0 Å².